The summed E-state index contributed by atoms with van der Waals surface area (Å²) < 4.78 is 24.4. The molecule has 0 spiro atoms. The van der Waals surface area contributed by atoms with Crippen molar-refractivity contribution in [3.8, 4) is 11.5 Å². The Bertz CT molecular complexity index is 1080. The maximum atomic E-state index is 13.2. The molecule has 0 atom stereocenters. The topological polar surface area (TPSA) is 42.0 Å². The van der Waals surface area contributed by atoms with E-state index in [9.17, 15) is 9.18 Å². The van der Waals surface area contributed by atoms with Gasteiger partial charge in [-0.15, -0.1) is 11.3 Å². The molecule has 2 aromatic carbocycles. The molecule has 1 fully saturated rings. The van der Waals surface area contributed by atoms with Gasteiger partial charge in [-0.05, 0) is 41.3 Å². The van der Waals surface area contributed by atoms with E-state index in [-0.39, 0.29) is 11.7 Å². The van der Waals surface area contributed by atoms with Gasteiger partial charge in [0.1, 0.15) is 12.4 Å². The van der Waals surface area contributed by atoms with Crippen LogP contribution < -0.4 is 9.47 Å². The van der Waals surface area contributed by atoms with Gasteiger partial charge in [-0.25, -0.2) is 4.39 Å². The highest BCUT2D eigenvalue weighted by molar-refractivity contribution is 7.12. The van der Waals surface area contributed by atoms with E-state index in [1.165, 1.54) is 23.5 Å². The molecule has 1 saturated heterocycles. The third-order valence-corrected chi connectivity index (χ3v) is 6.72. The number of rotatable bonds is 7. The Kier molecular flexibility index (Phi) is 7.29. The number of halogens is 2. The number of carbonyl (C=O) groups excluding carboxylic acids is 1. The second-order valence-corrected chi connectivity index (χ2v) is 8.88. The van der Waals surface area contributed by atoms with Gasteiger partial charge in [-0.2, -0.15) is 0 Å². The molecule has 5 nitrogen and oxygen atoms in total. The second-order valence-electron chi connectivity index (χ2n) is 7.56. The molecule has 8 heteroatoms. The molecular formula is C24H24ClFN2O3S. The van der Waals surface area contributed by atoms with Gasteiger partial charge in [-0.3, -0.25) is 9.69 Å². The van der Waals surface area contributed by atoms with Crippen LogP contribution in [0.25, 0.3) is 0 Å². The van der Waals surface area contributed by atoms with Gasteiger partial charge >= 0.3 is 0 Å². The lowest BCUT2D eigenvalue weighted by Gasteiger charge is -2.34. The molecule has 2 heterocycles. The van der Waals surface area contributed by atoms with Crippen molar-refractivity contribution in [2.75, 3.05) is 33.3 Å². The zero-order valence-electron chi connectivity index (χ0n) is 17.7. The van der Waals surface area contributed by atoms with E-state index >= 15 is 0 Å². The molecule has 0 aliphatic carbocycles. The highest BCUT2D eigenvalue weighted by atomic mass is 35.5. The first-order chi connectivity index (χ1) is 15.5. The van der Waals surface area contributed by atoms with Crippen molar-refractivity contribution in [2.45, 2.75) is 13.2 Å². The lowest BCUT2D eigenvalue weighted by atomic mass is 10.2. The first-order valence-corrected chi connectivity index (χ1v) is 11.6. The number of thiophene rings is 1. The first kappa shape index (κ1) is 22.6. The average Bonchev–Trinajstić information content (AvgIpc) is 3.29. The van der Waals surface area contributed by atoms with Gasteiger partial charge < -0.3 is 14.4 Å². The summed E-state index contributed by atoms with van der Waals surface area (Å²) in [5, 5.41) is 2.39. The van der Waals surface area contributed by atoms with Crippen molar-refractivity contribution >= 4 is 28.8 Å². The number of amides is 1. The Hall–Kier alpha value is -2.61. The highest BCUT2D eigenvalue weighted by Gasteiger charge is 2.23. The number of ether oxygens (including phenoxy) is 2. The van der Waals surface area contributed by atoms with Crippen LogP contribution in [0.15, 0.2) is 53.9 Å². The van der Waals surface area contributed by atoms with E-state index in [0.29, 0.717) is 47.6 Å². The predicted octanol–water partition coefficient (Wildman–Crippen LogP) is 5.09. The number of para-hydroxylation sites is 2. The van der Waals surface area contributed by atoms with Crippen LogP contribution in [0.3, 0.4) is 0 Å². The van der Waals surface area contributed by atoms with Crippen LogP contribution in [0.5, 0.6) is 11.5 Å². The van der Waals surface area contributed by atoms with E-state index in [1.54, 1.807) is 13.2 Å². The summed E-state index contributed by atoms with van der Waals surface area (Å²) >= 11 is 7.58. The molecule has 1 aliphatic rings. The predicted molar refractivity (Wildman–Crippen MR) is 124 cm³/mol. The number of hydrogen-bond donors (Lipinski definition) is 0. The van der Waals surface area contributed by atoms with Crippen molar-refractivity contribution in [3.63, 3.8) is 0 Å². The lowest BCUT2D eigenvalue weighted by Crippen LogP contribution is -2.48. The van der Waals surface area contributed by atoms with Crippen molar-refractivity contribution in [2.24, 2.45) is 0 Å². The molecule has 1 aromatic heterocycles. The Morgan fingerprint density at radius 2 is 1.84 bits per heavy atom. The number of hydrogen-bond acceptors (Lipinski definition) is 5. The molecule has 0 bridgehead atoms. The van der Waals surface area contributed by atoms with Crippen LogP contribution >= 0.6 is 22.9 Å². The van der Waals surface area contributed by atoms with Crippen molar-refractivity contribution in [1.82, 2.24) is 9.80 Å². The molecule has 4 rings (SSSR count). The van der Waals surface area contributed by atoms with Gasteiger partial charge in [0.05, 0.1) is 12.0 Å². The summed E-state index contributed by atoms with van der Waals surface area (Å²) in [5.41, 5.74) is 1.85. The minimum atomic E-state index is -0.335. The van der Waals surface area contributed by atoms with Gasteiger partial charge in [0.2, 0.25) is 0 Å². The Morgan fingerprint density at radius 1 is 1.09 bits per heavy atom. The minimum Gasteiger partial charge on any atom is -0.493 e. The number of methoxy groups -OCH3 is 1. The number of benzene rings is 2. The Balaban J connectivity index is 1.29. The van der Waals surface area contributed by atoms with Crippen LogP contribution in [-0.4, -0.2) is 49.0 Å². The number of piperazine rings is 1. The summed E-state index contributed by atoms with van der Waals surface area (Å²) in [6.07, 6.45) is 0. The molecule has 1 aliphatic heterocycles. The van der Waals surface area contributed by atoms with E-state index in [2.05, 4.69) is 4.90 Å². The largest absolute Gasteiger partial charge is 0.493 e. The Labute approximate surface area is 195 Å². The summed E-state index contributed by atoms with van der Waals surface area (Å²) in [4.78, 5) is 17.7. The van der Waals surface area contributed by atoms with E-state index in [0.717, 1.165) is 24.2 Å². The van der Waals surface area contributed by atoms with Crippen LogP contribution in [-0.2, 0) is 13.2 Å². The fraction of sp³-hybridized carbons (Fsp3) is 0.292. The van der Waals surface area contributed by atoms with Gasteiger partial charge in [0, 0.05) is 43.3 Å². The fourth-order valence-corrected chi connectivity index (χ4v) is 4.71. The van der Waals surface area contributed by atoms with Gasteiger partial charge in [0.25, 0.3) is 5.91 Å². The smallest absolute Gasteiger partial charge is 0.264 e. The van der Waals surface area contributed by atoms with Crippen molar-refractivity contribution < 1.29 is 18.7 Å². The molecule has 0 saturated carbocycles. The summed E-state index contributed by atoms with van der Waals surface area (Å²) in [5.74, 6) is 1.06. The second kappa shape index (κ2) is 10.3. The molecule has 0 radical (unpaired) electrons. The fourth-order valence-electron chi connectivity index (χ4n) is 3.62. The normalized spacial score (nSPS) is 14.4. The monoisotopic (exact) mass is 474 g/mol. The van der Waals surface area contributed by atoms with Crippen molar-refractivity contribution in [1.29, 1.82) is 0 Å². The number of carbonyl (C=O) groups is 1. The standard InChI is InChI=1S/C24H24ClFN2O3S/c1-30-21-4-2-3-5-22(21)31-15-17-12-23(32-16-17)24(29)28-10-8-27(9-11-28)14-18-6-7-19(26)13-20(18)25/h2-7,12-13,16H,8-11,14-15H2,1H3. The van der Waals surface area contributed by atoms with Crippen molar-refractivity contribution in [3.05, 3.63) is 80.8 Å². The molecule has 0 unspecified atom stereocenters. The van der Waals surface area contributed by atoms with Crippen LogP contribution in [0.2, 0.25) is 5.02 Å². The van der Waals surface area contributed by atoms with Crippen LogP contribution in [0.1, 0.15) is 20.8 Å². The zero-order valence-corrected chi connectivity index (χ0v) is 19.3. The average molecular weight is 475 g/mol. The SMILES string of the molecule is COc1ccccc1OCc1csc(C(=O)N2CCN(Cc3ccc(F)cc3Cl)CC2)c1. The zero-order chi connectivity index (χ0) is 22.5. The maximum absolute atomic E-state index is 13.2. The minimum absolute atomic E-state index is 0.0398. The molecule has 1 amide bonds. The van der Waals surface area contributed by atoms with Crippen LogP contribution in [0.4, 0.5) is 4.39 Å². The van der Waals surface area contributed by atoms with Gasteiger partial charge in [0.15, 0.2) is 11.5 Å². The molecule has 32 heavy (non-hydrogen) atoms. The third kappa shape index (κ3) is 5.41. The molecule has 0 N–H and O–H groups in total. The molecule has 168 valence electrons. The van der Waals surface area contributed by atoms with Crippen LogP contribution in [0, 0.1) is 5.82 Å². The van der Waals surface area contributed by atoms with Gasteiger partial charge in [-0.1, -0.05) is 29.8 Å². The first-order valence-electron chi connectivity index (χ1n) is 10.3. The summed E-state index contributed by atoms with van der Waals surface area (Å²) in [7, 11) is 1.61. The highest BCUT2D eigenvalue weighted by Crippen LogP contribution is 2.27. The maximum Gasteiger partial charge on any atom is 0.264 e. The number of nitrogens with zero attached hydrogens (tertiary/aromatic N) is 2. The quantitative estimate of drug-likeness (QED) is 0.478. The Morgan fingerprint density at radius 3 is 2.56 bits per heavy atom. The summed E-state index contributed by atoms with van der Waals surface area (Å²) in [6.45, 7) is 3.79. The lowest BCUT2D eigenvalue weighted by molar-refractivity contribution is 0.0633. The molecular weight excluding hydrogens is 451 g/mol. The molecule has 3 aromatic rings. The van der Waals surface area contributed by atoms with E-state index in [1.807, 2.05) is 40.6 Å². The van der Waals surface area contributed by atoms with E-state index < -0.39 is 0 Å². The summed E-state index contributed by atoms with van der Waals surface area (Å²) in [6, 6.07) is 13.9. The van der Waals surface area contributed by atoms with E-state index in [4.69, 9.17) is 21.1 Å². The third-order valence-electron chi connectivity index (χ3n) is 5.40.